The fraction of sp³-hybridized carbons (Fsp3) is 0.263. The van der Waals surface area contributed by atoms with Crippen LogP contribution in [0.1, 0.15) is 15.9 Å². The van der Waals surface area contributed by atoms with Gasteiger partial charge in [0.1, 0.15) is 11.0 Å². The van der Waals surface area contributed by atoms with Crippen LogP contribution in [0, 0.1) is 6.92 Å². The number of hydrogen-bond acceptors (Lipinski definition) is 7. The minimum atomic E-state index is 0.0430. The van der Waals surface area contributed by atoms with Crippen molar-refractivity contribution >= 4 is 67.0 Å². The molecule has 2 aromatic heterocycles. The van der Waals surface area contributed by atoms with E-state index in [9.17, 15) is 4.79 Å². The highest BCUT2D eigenvalue weighted by molar-refractivity contribution is 7.22. The predicted octanol–water partition coefficient (Wildman–Crippen LogP) is 4.23. The summed E-state index contributed by atoms with van der Waals surface area (Å²) >= 11 is 9.06. The van der Waals surface area contributed by atoms with Crippen LogP contribution >= 0.6 is 34.7 Å². The molecule has 1 aliphatic rings. The van der Waals surface area contributed by atoms with E-state index in [1.165, 1.54) is 0 Å². The molecule has 0 bridgehead atoms. The summed E-state index contributed by atoms with van der Waals surface area (Å²) in [7, 11) is 0. The number of rotatable bonds is 2. The highest BCUT2D eigenvalue weighted by atomic mass is 35.5. The lowest BCUT2D eigenvalue weighted by molar-refractivity contribution is 0.0747. The molecule has 6 nitrogen and oxygen atoms in total. The number of anilines is 1. The van der Waals surface area contributed by atoms with Gasteiger partial charge in [-0.25, -0.2) is 4.98 Å². The third-order valence-electron chi connectivity index (χ3n) is 5.07. The van der Waals surface area contributed by atoms with Crippen LogP contribution in [0.5, 0.6) is 0 Å². The molecule has 0 aliphatic carbocycles. The molecule has 9 heteroatoms. The fourth-order valence-electron chi connectivity index (χ4n) is 3.42. The maximum atomic E-state index is 12.9. The molecule has 1 amide bonds. The largest absolute Gasteiger partial charge is 0.345 e. The van der Waals surface area contributed by atoms with Crippen LogP contribution in [-0.4, -0.2) is 50.7 Å². The first-order valence-electron chi connectivity index (χ1n) is 8.92. The van der Waals surface area contributed by atoms with Gasteiger partial charge in [-0.15, -0.1) is 0 Å². The van der Waals surface area contributed by atoms with Crippen LogP contribution < -0.4 is 4.90 Å². The smallest absolute Gasteiger partial charge is 0.254 e. The number of aromatic nitrogens is 3. The Balaban J connectivity index is 1.32. The zero-order chi connectivity index (χ0) is 19.3. The molecule has 3 heterocycles. The number of carbonyl (C=O) groups is 1. The van der Waals surface area contributed by atoms with Gasteiger partial charge in [0, 0.05) is 36.8 Å². The maximum absolute atomic E-state index is 12.9. The summed E-state index contributed by atoms with van der Waals surface area (Å²) in [6, 6.07) is 9.46. The Hall–Kier alpha value is -2.29. The molecular formula is C19H16ClN5OS2. The predicted molar refractivity (Wildman–Crippen MR) is 115 cm³/mol. The van der Waals surface area contributed by atoms with Gasteiger partial charge in [-0.2, -0.15) is 8.75 Å². The Labute approximate surface area is 174 Å². The van der Waals surface area contributed by atoms with Crippen LogP contribution in [0.15, 0.2) is 30.3 Å². The standard InChI is InChI=1S/C19H16ClN5OS2/c1-11-13(20)3-5-16-17(11)21-19(27-16)25-8-6-24(7-9-25)18(26)12-2-4-14-15(10-12)23-28-22-14/h2-5,10H,6-9H2,1H3. The van der Waals surface area contributed by atoms with Gasteiger partial charge in [-0.1, -0.05) is 22.9 Å². The number of piperazine rings is 1. The van der Waals surface area contributed by atoms with Crippen molar-refractivity contribution < 1.29 is 4.79 Å². The Kier molecular flexibility index (Phi) is 4.41. The zero-order valence-corrected chi connectivity index (χ0v) is 17.4. The normalized spacial score (nSPS) is 14.9. The van der Waals surface area contributed by atoms with E-state index >= 15 is 0 Å². The van der Waals surface area contributed by atoms with Crippen molar-refractivity contribution in [3.63, 3.8) is 0 Å². The van der Waals surface area contributed by atoms with E-state index in [0.29, 0.717) is 18.7 Å². The first-order valence-corrected chi connectivity index (χ1v) is 10.8. The summed E-state index contributed by atoms with van der Waals surface area (Å²) in [5.74, 6) is 0.0430. The third-order valence-corrected chi connectivity index (χ3v) is 7.12. The van der Waals surface area contributed by atoms with E-state index in [1.54, 1.807) is 11.3 Å². The Morgan fingerprint density at radius 1 is 1.07 bits per heavy atom. The molecule has 1 aliphatic heterocycles. The topological polar surface area (TPSA) is 62.2 Å². The monoisotopic (exact) mass is 429 g/mol. The summed E-state index contributed by atoms with van der Waals surface area (Å²) in [5, 5.41) is 1.73. The van der Waals surface area contributed by atoms with Gasteiger partial charge in [-0.05, 0) is 42.8 Å². The number of benzene rings is 2. The average molecular weight is 430 g/mol. The molecule has 0 N–H and O–H groups in total. The number of carbonyl (C=O) groups excluding carboxylic acids is 1. The van der Waals surface area contributed by atoms with Gasteiger partial charge < -0.3 is 9.80 Å². The molecule has 0 spiro atoms. The Bertz CT molecular complexity index is 1200. The van der Waals surface area contributed by atoms with Gasteiger partial charge in [-0.3, -0.25) is 4.79 Å². The van der Waals surface area contributed by atoms with Crippen LogP contribution in [0.3, 0.4) is 0 Å². The van der Waals surface area contributed by atoms with E-state index in [0.717, 1.165) is 61.8 Å². The number of amides is 1. The summed E-state index contributed by atoms with van der Waals surface area (Å²) in [5.41, 5.74) is 4.26. The Morgan fingerprint density at radius 2 is 1.86 bits per heavy atom. The number of hydrogen-bond donors (Lipinski definition) is 0. The van der Waals surface area contributed by atoms with Crippen molar-refractivity contribution in [3.8, 4) is 0 Å². The molecule has 1 saturated heterocycles. The average Bonchev–Trinajstić information content (AvgIpc) is 3.37. The lowest BCUT2D eigenvalue weighted by atomic mass is 10.1. The minimum absolute atomic E-state index is 0.0430. The van der Waals surface area contributed by atoms with E-state index < -0.39 is 0 Å². The molecule has 0 saturated carbocycles. The minimum Gasteiger partial charge on any atom is -0.345 e. The van der Waals surface area contributed by atoms with Crippen molar-refractivity contribution in [1.82, 2.24) is 18.6 Å². The van der Waals surface area contributed by atoms with Gasteiger partial charge >= 0.3 is 0 Å². The molecule has 5 rings (SSSR count). The lowest BCUT2D eigenvalue weighted by Crippen LogP contribution is -2.48. The van der Waals surface area contributed by atoms with E-state index in [4.69, 9.17) is 16.6 Å². The SMILES string of the molecule is Cc1c(Cl)ccc2sc(N3CCN(C(=O)c4ccc5nsnc5c4)CC3)nc12. The van der Waals surface area contributed by atoms with E-state index in [-0.39, 0.29) is 5.91 Å². The van der Waals surface area contributed by atoms with Crippen molar-refractivity contribution in [1.29, 1.82) is 0 Å². The van der Waals surface area contributed by atoms with E-state index in [2.05, 4.69) is 13.6 Å². The highest BCUT2D eigenvalue weighted by Crippen LogP contribution is 2.33. The second kappa shape index (κ2) is 6.95. The molecule has 0 unspecified atom stereocenters. The van der Waals surface area contributed by atoms with Gasteiger partial charge in [0.15, 0.2) is 5.13 Å². The van der Waals surface area contributed by atoms with E-state index in [1.807, 2.05) is 42.2 Å². The summed E-state index contributed by atoms with van der Waals surface area (Å²) in [6.07, 6.45) is 0. The van der Waals surface area contributed by atoms with Crippen molar-refractivity contribution in [2.24, 2.45) is 0 Å². The second-order valence-electron chi connectivity index (χ2n) is 6.76. The lowest BCUT2D eigenvalue weighted by Gasteiger charge is -2.34. The number of aryl methyl sites for hydroxylation is 1. The van der Waals surface area contributed by atoms with Crippen molar-refractivity contribution in [3.05, 3.63) is 46.5 Å². The number of nitrogens with zero attached hydrogens (tertiary/aromatic N) is 5. The first kappa shape index (κ1) is 17.8. The first-order chi connectivity index (χ1) is 13.6. The number of halogens is 1. The van der Waals surface area contributed by atoms with Crippen LogP contribution in [0.2, 0.25) is 5.02 Å². The number of thiazole rings is 1. The highest BCUT2D eigenvalue weighted by Gasteiger charge is 2.24. The zero-order valence-electron chi connectivity index (χ0n) is 15.1. The van der Waals surface area contributed by atoms with Crippen LogP contribution in [0.4, 0.5) is 5.13 Å². The fourth-order valence-corrected chi connectivity index (χ4v) is 5.17. The Morgan fingerprint density at radius 3 is 2.68 bits per heavy atom. The maximum Gasteiger partial charge on any atom is 0.254 e. The van der Waals surface area contributed by atoms with Crippen molar-refractivity contribution in [2.75, 3.05) is 31.1 Å². The second-order valence-corrected chi connectivity index (χ2v) is 8.71. The van der Waals surface area contributed by atoms with Crippen molar-refractivity contribution in [2.45, 2.75) is 6.92 Å². The molecule has 0 radical (unpaired) electrons. The molecule has 28 heavy (non-hydrogen) atoms. The van der Waals surface area contributed by atoms with Gasteiger partial charge in [0.05, 0.1) is 21.9 Å². The van der Waals surface area contributed by atoms with Crippen LogP contribution in [0.25, 0.3) is 21.3 Å². The van der Waals surface area contributed by atoms with Gasteiger partial charge in [0.25, 0.3) is 5.91 Å². The quantitative estimate of drug-likeness (QED) is 0.477. The molecule has 2 aromatic carbocycles. The molecule has 1 fully saturated rings. The molecule has 0 atom stereocenters. The molecule has 142 valence electrons. The molecule has 4 aromatic rings. The summed E-state index contributed by atoms with van der Waals surface area (Å²) in [6.45, 7) is 4.86. The molecular weight excluding hydrogens is 414 g/mol. The number of fused-ring (bicyclic) bond motifs is 2. The third kappa shape index (κ3) is 3.01. The van der Waals surface area contributed by atoms with Gasteiger partial charge in [0.2, 0.25) is 0 Å². The van der Waals surface area contributed by atoms with Crippen LogP contribution in [-0.2, 0) is 0 Å². The summed E-state index contributed by atoms with van der Waals surface area (Å²) in [4.78, 5) is 21.8. The summed E-state index contributed by atoms with van der Waals surface area (Å²) < 4.78 is 9.56.